The van der Waals surface area contributed by atoms with E-state index in [1.807, 2.05) is 12.1 Å². The lowest BCUT2D eigenvalue weighted by Gasteiger charge is -2.23. The molecule has 1 amide bonds. The van der Waals surface area contributed by atoms with Crippen LogP contribution in [0.1, 0.15) is 34.7 Å². The van der Waals surface area contributed by atoms with Crippen LogP contribution in [0.5, 0.6) is 0 Å². The molecule has 0 radical (unpaired) electrons. The number of amides is 1. The van der Waals surface area contributed by atoms with Crippen LogP contribution >= 0.6 is 0 Å². The van der Waals surface area contributed by atoms with Gasteiger partial charge >= 0.3 is 0 Å². The number of pyridine rings is 2. The molecule has 2 heterocycles. The van der Waals surface area contributed by atoms with Gasteiger partial charge in [0.05, 0.1) is 36.0 Å². The van der Waals surface area contributed by atoms with Gasteiger partial charge in [0.1, 0.15) is 11.6 Å². The van der Waals surface area contributed by atoms with E-state index in [1.165, 1.54) is 42.9 Å². The number of carbonyl (C=O) groups excluding carboxylic acids is 1. The molecule has 12 heteroatoms. The summed E-state index contributed by atoms with van der Waals surface area (Å²) in [6.07, 6.45) is 4.56. The molecule has 10 nitrogen and oxygen atoms in total. The van der Waals surface area contributed by atoms with Crippen LogP contribution in [0.2, 0.25) is 0 Å². The molecule has 3 aromatic rings. The molecule has 0 aliphatic heterocycles. The number of sulfonamides is 1. The Bertz CT molecular complexity index is 1360. The predicted molar refractivity (Wildman–Crippen MR) is 131 cm³/mol. The fourth-order valence-electron chi connectivity index (χ4n) is 3.47. The van der Waals surface area contributed by atoms with Crippen LogP contribution in [0.4, 0.5) is 33.1 Å². The van der Waals surface area contributed by atoms with Crippen LogP contribution in [0, 0.1) is 5.95 Å². The summed E-state index contributed by atoms with van der Waals surface area (Å²) in [6, 6.07) is 11.4. The van der Waals surface area contributed by atoms with Crippen molar-refractivity contribution in [2.75, 3.05) is 35.4 Å². The van der Waals surface area contributed by atoms with Crippen molar-refractivity contribution in [2.45, 2.75) is 18.8 Å². The largest absolute Gasteiger partial charge is 0.353 e. The van der Waals surface area contributed by atoms with Crippen LogP contribution < -0.4 is 20.4 Å². The Labute approximate surface area is 202 Å². The fraction of sp³-hybridized carbons (Fsp3) is 0.261. The molecule has 1 fully saturated rings. The first kappa shape index (κ1) is 24.4. The van der Waals surface area contributed by atoms with Gasteiger partial charge in [0.15, 0.2) is 0 Å². The zero-order valence-corrected chi connectivity index (χ0v) is 20.2. The van der Waals surface area contributed by atoms with E-state index < -0.39 is 21.9 Å². The van der Waals surface area contributed by atoms with Crippen LogP contribution in [-0.4, -0.2) is 44.7 Å². The normalized spacial score (nSPS) is 13.3. The van der Waals surface area contributed by atoms with Gasteiger partial charge in [-0.3, -0.25) is 13.9 Å². The molecule has 1 aliphatic carbocycles. The Balaban J connectivity index is 1.75. The highest BCUT2D eigenvalue weighted by molar-refractivity contribution is 7.92. The highest BCUT2D eigenvalue weighted by atomic mass is 32.2. The summed E-state index contributed by atoms with van der Waals surface area (Å²) >= 11 is 0. The van der Waals surface area contributed by atoms with Crippen LogP contribution in [0.25, 0.3) is 0 Å². The Morgan fingerprint density at radius 3 is 2.54 bits per heavy atom. The molecular weight excluding hydrogens is 475 g/mol. The molecule has 0 spiro atoms. The quantitative estimate of drug-likeness (QED) is 0.300. The summed E-state index contributed by atoms with van der Waals surface area (Å²) in [4.78, 5) is 25.3. The van der Waals surface area contributed by atoms with Crippen LogP contribution in [-0.2, 0) is 14.9 Å². The maximum atomic E-state index is 13.5. The summed E-state index contributed by atoms with van der Waals surface area (Å²) < 4.78 is 39.4. The summed E-state index contributed by atoms with van der Waals surface area (Å²) in [5.74, 6) is -0.301. The first-order valence-electron chi connectivity index (χ1n) is 10.7. The molecular formula is C23H25FN6O4S. The van der Waals surface area contributed by atoms with Gasteiger partial charge in [-0.05, 0) is 48.6 Å². The zero-order valence-electron chi connectivity index (χ0n) is 19.4. The number of carbonyl (C=O) groups is 1. The molecule has 1 saturated carbocycles. The van der Waals surface area contributed by atoms with Gasteiger partial charge in [-0.15, -0.1) is 0 Å². The van der Waals surface area contributed by atoms with E-state index in [-0.39, 0.29) is 17.2 Å². The molecule has 35 heavy (non-hydrogen) atoms. The van der Waals surface area contributed by atoms with E-state index in [1.54, 1.807) is 12.1 Å². The molecule has 4 rings (SSSR count). The molecule has 0 bridgehead atoms. The van der Waals surface area contributed by atoms with Gasteiger partial charge in [0.2, 0.25) is 16.0 Å². The minimum Gasteiger partial charge on any atom is -0.353 e. The topological polar surface area (TPSA) is 126 Å². The molecule has 1 aliphatic rings. The van der Waals surface area contributed by atoms with Crippen molar-refractivity contribution in [2.24, 2.45) is 0 Å². The molecule has 2 aromatic heterocycles. The average molecular weight is 501 g/mol. The van der Waals surface area contributed by atoms with E-state index in [9.17, 15) is 17.6 Å². The maximum Gasteiger partial charge on any atom is 0.278 e. The third kappa shape index (κ3) is 5.84. The third-order valence-corrected chi connectivity index (χ3v) is 6.68. The number of hydroxylamine groups is 1. The fourth-order valence-corrected chi connectivity index (χ4v) is 3.98. The Kier molecular flexibility index (Phi) is 6.85. The summed E-state index contributed by atoms with van der Waals surface area (Å²) in [5, 5.41) is 6.05. The first-order chi connectivity index (χ1) is 16.7. The SMILES string of the molecule is CONC(=O)c1cnc(Nc2cccc(F)n2)cc1Nc1ccc(C2CC2)cc1N(C)S(C)(=O)=O. The van der Waals surface area contributed by atoms with E-state index >= 15 is 0 Å². The Hall–Kier alpha value is -3.77. The van der Waals surface area contributed by atoms with Crippen molar-refractivity contribution in [3.05, 3.63) is 65.7 Å². The monoisotopic (exact) mass is 500 g/mol. The van der Waals surface area contributed by atoms with Crippen molar-refractivity contribution < 1.29 is 22.4 Å². The third-order valence-electron chi connectivity index (χ3n) is 5.49. The number of anilines is 5. The second kappa shape index (κ2) is 9.84. The average Bonchev–Trinajstić information content (AvgIpc) is 3.64. The second-order valence-corrected chi connectivity index (χ2v) is 10.1. The van der Waals surface area contributed by atoms with Crippen molar-refractivity contribution in [1.82, 2.24) is 15.4 Å². The number of benzene rings is 1. The lowest BCUT2D eigenvalue weighted by atomic mass is 10.1. The molecule has 1 aromatic carbocycles. The highest BCUT2D eigenvalue weighted by Gasteiger charge is 2.26. The Morgan fingerprint density at radius 1 is 1.11 bits per heavy atom. The van der Waals surface area contributed by atoms with Crippen molar-refractivity contribution >= 4 is 44.6 Å². The van der Waals surface area contributed by atoms with E-state index in [2.05, 4.69) is 26.1 Å². The number of halogens is 1. The predicted octanol–water partition coefficient (Wildman–Crippen LogP) is 3.67. The van der Waals surface area contributed by atoms with Crippen molar-refractivity contribution in [1.29, 1.82) is 0 Å². The van der Waals surface area contributed by atoms with Gasteiger partial charge in [-0.2, -0.15) is 4.39 Å². The van der Waals surface area contributed by atoms with Crippen LogP contribution in [0.15, 0.2) is 48.7 Å². The summed E-state index contributed by atoms with van der Waals surface area (Å²) in [6.45, 7) is 0. The van der Waals surface area contributed by atoms with Crippen LogP contribution in [0.3, 0.4) is 0 Å². The number of hydrogen-bond donors (Lipinski definition) is 3. The number of rotatable bonds is 9. The molecule has 0 saturated heterocycles. The lowest BCUT2D eigenvalue weighted by Crippen LogP contribution is -2.26. The minimum atomic E-state index is -3.56. The van der Waals surface area contributed by atoms with E-state index in [0.29, 0.717) is 23.0 Å². The second-order valence-electron chi connectivity index (χ2n) is 8.13. The van der Waals surface area contributed by atoms with Gasteiger partial charge < -0.3 is 10.6 Å². The molecule has 184 valence electrons. The number of aromatic nitrogens is 2. The zero-order chi connectivity index (χ0) is 25.2. The molecule has 0 unspecified atom stereocenters. The summed E-state index contributed by atoms with van der Waals surface area (Å²) in [5.41, 5.74) is 4.66. The maximum absolute atomic E-state index is 13.5. The highest BCUT2D eigenvalue weighted by Crippen LogP contribution is 2.43. The van der Waals surface area contributed by atoms with Gasteiger partial charge in [-0.25, -0.2) is 23.9 Å². The molecule has 3 N–H and O–H groups in total. The van der Waals surface area contributed by atoms with Gasteiger partial charge in [0, 0.05) is 19.3 Å². The minimum absolute atomic E-state index is 0.142. The summed E-state index contributed by atoms with van der Waals surface area (Å²) in [7, 11) is -0.777. The van der Waals surface area contributed by atoms with Crippen molar-refractivity contribution in [3.63, 3.8) is 0 Å². The smallest absolute Gasteiger partial charge is 0.278 e. The van der Waals surface area contributed by atoms with Gasteiger partial charge in [-0.1, -0.05) is 12.1 Å². The standard InChI is InChI=1S/C23H25FN6O4S/c1-30(35(3,32)33)19-11-15(14-7-8-14)9-10-17(19)26-18-12-22(25-13-16(18)23(31)29-34-2)28-21-6-4-5-20(24)27-21/h4-6,9-14H,7-8H2,1-3H3,(H,29,31)(H2,25,26,27,28). The number of nitrogens with zero attached hydrogens (tertiary/aromatic N) is 3. The lowest BCUT2D eigenvalue weighted by molar-refractivity contribution is 0.0538. The molecule has 0 atom stereocenters. The first-order valence-corrected chi connectivity index (χ1v) is 12.6. The van der Waals surface area contributed by atoms with E-state index in [4.69, 9.17) is 4.84 Å². The van der Waals surface area contributed by atoms with Crippen molar-refractivity contribution in [3.8, 4) is 0 Å². The van der Waals surface area contributed by atoms with Gasteiger partial charge in [0.25, 0.3) is 5.91 Å². The van der Waals surface area contributed by atoms with E-state index in [0.717, 1.165) is 24.7 Å². The Morgan fingerprint density at radius 2 is 1.89 bits per heavy atom. The number of nitrogens with one attached hydrogen (secondary N) is 3. The number of hydrogen-bond acceptors (Lipinski definition) is 8.